The fourth-order valence-electron chi connectivity index (χ4n) is 2.40. The number of benzene rings is 1. The molecule has 1 aromatic rings. The van der Waals surface area contributed by atoms with Crippen LogP contribution in [0.25, 0.3) is 0 Å². The van der Waals surface area contributed by atoms with Crippen LogP contribution < -0.4 is 0 Å². The van der Waals surface area contributed by atoms with Crippen LogP contribution in [-0.2, 0) is 14.8 Å². The molecular formula is C11H12INO3S. The summed E-state index contributed by atoms with van der Waals surface area (Å²) in [6.45, 7) is 1.03. The smallest absolute Gasteiger partial charge is 0.243 e. The molecule has 2 fully saturated rings. The summed E-state index contributed by atoms with van der Waals surface area (Å²) in [5.41, 5.74) is 0. The number of sulfonamides is 1. The highest BCUT2D eigenvalue weighted by atomic mass is 127. The van der Waals surface area contributed by atoms with Gasteiger partial charge in [0.05, 0.1) is 23.6 Å². The lowest BCUT2D eigenvalue weighted by atomic mass is 10.3. The molecule has 1 aromatic carbocycles. The van der Waals surface area contributed by atoms with Crippen molar-refractivity contribution in [1.29, 1.82) is 0 Å². The van der Waals surface area contributed by atoms with Crippen LogP contribution in [0.15, 0.2) is 29.2 Å². The van der Waals surface area contributed by atoms with E-state index in [0.29, 0.717) is 18.0 Å². The number of morpholine rings is 1. The molecule has 0 unspecified atom stereocenters. The van der Waals surface area contributed by atoms with Crippen LogP contribution in [-0.4, -0.2) is 38.0 Å². The molecule has 2 aliphatic heterocycles. The van der Waals surface area contributed by atoms with Crippen LogP contribution in [0.1, 0.15) is 6.42 Å². The van der Waals surface area contributed by atoms with Gasteiger partial charge in [-0.3, -0.25) is 0 Å². The van der Waals surface area contributed by atoms with E-state index in [-0.39, 0.29) is 12.1 Å². The van der Waals surface area contributed by atoms with Crippen molar-refractivity contribution in [3.05, 3.63) is 27.8 Å². The van der Waals surface area contributed by atoms with E-state index >= 15 is 0 Å². The van der Waals surface area contributed by atoms with E-state index in [1.807, 2.05) is 12.1 Å². The van der Waals surface area contributed by atoms with Crippen molar-refractivity contribution in [2.75, 3.05) is 13.2 Å². The molecule has 6 heteroatoms. The topological polar surface area (TPSA) is 46.6 Å². The number of fused-ring (bicyclic) bond motifs is 2. The van der Waals surface area contributed by atoms with Crippen molar-refractivity contribution in [3.63, 3.8) is 0 Å². The number of ether oxygens (including phenoxy) is 1. The Kier molecular flexibility index (Phi) is 2.92. The summed E-state index contributed by atoms with van der Waals surface area (Å²) in [5.74, 6) is 0. The van der Waals surface area contributed by atoms with E-state index in [2.05, 4.69) is 22.6 Å². The normalized spacial score (nSPS) is 28.8. The van der Waals surface area contributed by atoms with Gasteiger partial charge in [-0.05, 0) is 53.3 Å². The Balaban J connectivity index is 1.93. The fraction of sp³-hybridized carbons (Fsp3) is 0.455. The number of hydrogen-bond acceptors (Lipinski definition) is 3. The molecule has 0 amide bonds. The first-order chi connectivity index (χ1) is 8.07. The number of hydrogen-bond donors (Lipinski definition) is 0. The minimum atomic E-state index is -3.34. The van der Waals surface area contributed by atoms with Gasteiger partial charge in [-0.1, -0.05) is 0 Å². The third-order valence-corrected chi connectivity index (χ3v) is 5.92. The predicted molar refractivity (Wildman–Crippen MR) is 71.2 cm³/mol. The molecule has 92 valence electrons. The summed E-state index contributed by atoms with van der Waals surface area (Å²) in [5, 5.41) is 0. The van der Waals surface area contributed by atoms with Gasteiger partial charge in [-0.15, -0.1) is 0 Å². The van der Waals surface area contributed by atoms with Crippen LogP contribution in [0.5, 0.6) is 0 Å². The first-order valence-corrected chi connectivity index (χ1v) is 7.98. The molecule has 3 rings (SSSR count). The summed E-state index contributed by atoms with van der Waals surface area (Å²) in [4.78, 5) is 0.380. The summed E-state index contributed by atoms with van der Waals surface area (Å²) < 4.78 is 32.9. The average Bonchev–Trinajstić information content (AvgIpc) is 2.91. The van der Waals surface area contributed by atoms with Crippen LogP contribution in [0, 0.1) is 3.57 Å². The van der Waals surface area contributed by atoms with Gasteiger partial charge < -0.3 is 4.74 Å². The lowest BCUT2D eigenvalue weighted by Crippen LogP contribution is -2.41. The molecule has 2 bridgehead atoms. The van der Waals surface area contributed by atoms with E-state index in [1.165, 1.54) is 0 Å². The summed E-state index contributed by atoms with van der Waals surface area (Å²) in [6.07, 6.45) is 0.933. The molecule has 0 spiro atoms. The Bertz CT molecular complexity index is 528. The van der Waals surface area contributed by atoms with E-state index in [1.54, 1.807) is 16.4 Å². The summed E-state index contributed by atoms with van der Waals surface area (Å²) in [7, 11) is -3.34. The highest BCUT2D eigenvalue weighted by Gasteiger charge is 2.45. The largest absolute Gasteiger partial charge is 0.375 e. The molecule has 17 heavy (non-hydrogen) atoms. The molecule has 2 atom stereocenters. The van der Waals surface area contributed by atoms with Gasteiger partial charge in [0, 0.05) is 10.1 Å². The van der Waals surface area contributed by atoms with E-state index in [0.717, 1.165) is 9.99 Å². The van der Waals surface area contributed by atoms with Gasteiger partial charge in [-0.25, -0.2) is 8.42 Å². The molecule has 2 aliphatic rings. The minimum absolute atomic E-state index is 0.0317. The maximum Gasteiger partial charge on any atom is 0.243 e. The first-order valence-electron chi connectivity index (χ1n) is 5.46. The molecule has 0 radical (unpaired) electrons. The highest BCUT2D eigenvalue weighted by molar-refractivity contribution is 14.1. The molecule has 4 nitrogen and oxygen atoms in total. The quantitative estimate of drug-likeness (QED) is 0.746. The van der Waals surface area contributed by atoms with Gasteiger partial charge in [-0.2, -0.15) is 4.31 Å². The third-order valence-electron chi connectivity index (χ3n) is 3.27. The fourth-order valence-corrected chi connectivity index (χ4v) is 4.41. The van der Waals surface area contributed by atoms with Crippen molar-refractivity contribution < 1.29 is 13.2 Å². The molecule has 0 aliphatic carbocycles. The maximum absolute atomic E-state index is 12.4. The van der Waals surface area contributed by atoms with E-state index in [4.69, 9.17) is 4.74 Å². The van der Waals surface area contributed by atoms with Crippen molar-refractivity contribution in [1.82, 2.24) is 4.31 Å². The van der Waals surface area contributed by atoms with E-state index < -0.39 is 10.0 Å². The molecule has 0 aromatic heterocycles. The number of halogens is 1. The third kappa shape index (κ3) is 2.00. The summed E-state index contributed by atoms with van der Waals surface area (Å²) >= 11 is 2.16. The van der Waals surface area contributed by atoms with Gasteiger partial charge in [0.25, 0.3) is 0 Å². The van der Waals surface area contributed by atoms with Crippen molar-refractivity contribution in [3.8, 4) is 0 Å². The summed E-state index contributed by atoms with van der Waals surface area (Å²) in [6, 6.07) is 7.01. The Hall–Kier alpha value is -0.180. The number of nitrogens with zero attached hydrogens (tertiary/aromatic N) is 1. The highest BCUT2D eigenvalue weighted by Crippen LogP contribution is 2.32. The Morgan fingerprint density at radius 1 is 1.29 bits per heavy atom. The van der Waals surface area contributed by atoms with Gasteiger partial charge in [0.2, 0.25) is 10.0 Å². The zero-order valence-corrected chi connectivity index (χ0v) is 12.0. The average molecular weight is 365 g/mol. The zero-order chi connectivity index (χ0) is 12.0. The first kappa shape index (κ1) is 11.9. The molecule has 0 N–H and O–H groups in total. The van der Waals surface area contributed by atoms with Crippen molar-refractivity contribution >= 4 is 32.6 Å². The van der Waals surface area contributed by atoms with Crippen LogP contribution in [0.2, 0.25) is 0 Å². The van der Waals surface area contributed by atoms with Crippen molar-refractivity contribution in [2.45, 2.75) is 23.5 Å². The van der Waals surface area contributed by atoms with Crippen molar-refractivity contribution in [2.24, 2.45) is 0 Å². The zero-order valence-electron chi connectivity index (χ0n) is 9.04. The second kappa shape index (κ2) is 4.18. The number of rotatable bonds is 2. The Morgan fingerprint density at radius 3 is 2.53 bits per heavy atom. The lowest BCUT2D eigenvalue weighted by Gasteiger charge is -2.26. The lowest BCUT2D eigenvalue weighted by molar-refractivity contribution is 0.0608. The maximum atomic E-state index is 12.4. The standard InChI is InChI=1S/C11H12INO3S/c12-8-1-3-11(4-2-8)17(14,15)13-6-10-5-9(13)7-16-10/h1-4,9-10H,5-7H2/t9-,10-/m0/s1. The van der Waals surface area contributed by atoms with Crippen LogP contribution in [0.4, 0.5) is 0 Å². The molecular weight excluding hydrogens is 353 g/mol. The second-order valence-electron chi connectivity index (χ2n) is 4.37. The SMILES string of the molecule is O=S(=O)(c1ccc(I)cc1)N1C[C@@H]2C[C@H]1CO2. The predicted octanol–water partition coefficient (Wildman–Crippen LogP) is 1.45. The molecule has 0 saturated carbocycles. The Labute approximate surface area is 114 Å². The van der Waals surface area contributed by atoms with Gasteiger partial charge in [0.1, 0.15) is 0 Å². The minimum Gasteiger partial charge on any atom is -0.375 e. The van der Waals surface area contributed by atoms with Crippen LogP contribution >= 0.6 is 22.6 Å². The van der Waals surface area contributed by atoms with Crippen LogP contribution in [0.3, 0.4) is 0 Å². The Morgan fingerprint density at radius 2 is 2.00 bits per heavy atom. The van der Waals surface area contributed by atoms with Gasteiger partial charge >= 0.3 is 0 Å². The second-order valence-corrected chi connectivity index (χ2v) is 7.51. The molecule has 2 heterocycles. The van der Waals surface area contributed by atoms with E-state index in [9.17, 15) is 8.42 Å². The monoisotopic (exact) mass is 365 g/mol. The molecule has 2 saturated heterocycles. The van der Waals surface area contributed by atoms with Gasteiger partial charge in [0.15, 0.2) is 0 Å².